The van der Waals surface area contributed by atoms with Crippen LogP contribution in [-0.2, 0) is 0 Å². The van der Waals surface area contributed by atoms with E-state index in [9.17, 15) is 32.3 Å². The summed E-state index contributed by atoms with van der Waals surface area (Å²) in [5, 5.41) is 11.9. The number of anilines is 1. The summed E-state index contributed by atoms with van der Waals surface area (Å²) in [5.74, 6) is -3.07. The van der Waals surface area contributed by atoms with E-state index in [0.717, 1.165) is 18.2 Å². The molecular formula is C17H18F4N4O4. The number of ether oxygens (including phenoxy) is 1. The SMILES string of the molecule is CCN(C)c1nc(C(=O)NC(CO)c2ccc(OC(F)(F)F)c(F)c2)cc(=O)[nH]1. The van der Waals surface area contributed by atoms with E-state index in [1.165, 1.54) is 0 Å². The number of amides is 1. The lowest BCUT2D eigenvalue weighted by atomic mass is 10.1. The number of hydrogen-bond donors (Lipinski definition) is 3. The van der Waals surface area contributed by atoms with E-state index in [1.54, 1.807) is 18.9 Å². The maximum atomic E-state index is 13.9. The van der Waals surface area contributed by atoms with Crippen molar-refractivity contribution in [1.82, 2.24) is 15.3 Å². The van der Waals surface area contributed by atoms with Crippen molar-refractivity contribution in [3.8, 4) is 5.75 Å². The Bertz CT molecular complexity index is 932. The molecule has 0 spiro atoms. The first-order valence-electron chi connectivity index (χ1n) is 8.33. The van der Waals surface area contributed by atoms with Gasteiger partial charge in [-0.25, -0.2) is 9.37 Å². The van der Waals surface area contributed by atoms with E-state index in [0.29, 0.717) is 12.6 Å². The van der Waals surface area contributed by atoms with Crippen molar-refractivity contribution in [3.05, 3.63) is 51.7 Å². The molecule has 1 heterocycles. The zero-order valence-electron chi connectivity index (χ0n) is 15.4. The van der Waals surface area contributed by atoms with Crippen LogP contribution in [0, 0.1) is 5.82 Å². The quantitative estimate of drug-likeness (QED) is 0.591. The minimum absolute atomic E-state index is 0.0105. The molecule has 0 saturated carbocycles. The monoisotopic (exact) mass is 418 g/mol. The third-order valence-corrected chi connectivity index (χ3v) is 3.87. The third-order valence-electron chi connectivity index (χ3n) is 3.87. The molecule has 2 rings (SSSR count). The summed E-state index contributed by atoms with van der Waals surface area (Å²) in [6.07, 6.45) is -5.07. The Morgan fingerprint density at radius 3 is 2.62 bits per heavy atom. The Balaban J connectivity index is 2.24. The van der Waals surface area contributed by atoms with Crippen molar-refractivity contribution in [1.29, 1.82) is 0 Å². The van der Waals surface area contributed by atoms with Crippen LogP contribution in [0.15, 0.2) is 29.1 Å². The lowest BCUT2D eigenvalue weighted by Crippen LogP contribution is -2.33. The van der Waals surface area contributed by atoms with Gasteiger partial charge >= 0.3 is 6.36 Å². The van der Waals surface area contributed by atoms with E-state index in [4.69, 9.17) is 0 Å². The molecule has 0 aliphatic heterocycles. The molecule has 1 aromatic carbocycles. The second kappa shape index (κ2) is 8.90. The van der Waals surface area contributed by atoms with Gasteiger partial charge in [-0.05, 0) is 24.6 Å². The lowest BCUT2D eigenvalue weighted by Gasteiger charge is -2.19. The molecular weight excluding hydrogens is 400 g/mol. The molecule has 0 aliphatic rings. The van der Waals surface area contributed by atoms with Gasteiger partial charge < -0.3 is 20.1 Å². The number of aromatic nitrogens is 2. The highest BCUT2D eigenvalue weighted by molar-refractivity contribution is 5.92. The zero-order valence-corrected chi connectivity index (χ0v) is 15.4. The number of H-pyrrole nitrogens is 1. The summed E-state index contributed by atoms with van der Waals surface area (Å²) in [6, 6.07) is 2.27. The number of aromatic amines is 1. The van der Waals surface area contributed by atoms with Gasteiger partial charge in [0.25, 0.3) is 11.5 Å². The number of carbonyl (C=O) groups excluding carboxylic acids is 1. The predicted molar refractivity (Wildman–Crippen MR) is 94.2 cm³/mol. The second-order valence-corrected chi connectivity index (χ2v) is 5.91. The molecule has 1 amide bonds. The van der Waals surface area contributed by atoms with Gasteiger partial charge in [0.1, 0.15) is 5.69 Å². The van der Waals surface area contributed by atoms with Crippen molar-refractivity contribution < 1.29 is 32.2 Å². The smallest absolute Gasteiger partial charge is 0.403 e. The van der Waals surface area contributed by atoms with E-state index < -0.39 is 42.0 Å². The number of aliphatic hydroxyl groups is 1. The third kappa shape index (κ3) is 5.91. The van der Waals surface area contributed by atoms with Crippen molar-refractivity contribution in [2.45, 2.75) is 19.3 Å². The van der Waals surface area contributed by atoms with E-state index in [2.05, 4.69) is 20.0 Å². The van der Waals surface area contributed by atoms with Gasteiger partial charge in [-0.15, -0.1) is 13.2 Å². The van der Waals surface area contributed by atoms with Gasteiger partial charge in [0, 0.05) is 19.7 Å². The highest BCUT2D eigenvalue weighted by Crippen LogP contribution is 2.27. The number of alkyl halides is 3. The summed E-state index contributed by atoms with van der Waals surface area (Å²) in [4.78, 5) is 32.2. The molecule has 12 heteroatoms. The summed E-state index contributed by atoms with van der Waals surface area (Å²) in [6.45, 7) is 1.61. The van der Waals surface area contributed by atoms with Crippen LogP contribution < -0.4 is 20.5 Å². The number of nitrogens with zero attached hydrogens (tertiary/aromatic N) is 2. The van der Waals surface area contributed by atoms with Crippen LogP contribution in [0.5, 0.6) is 5.75 Å². The van der Waals surface area contributed by atoms with Gasteiger partial charge in [0.05, 0.1) is 12.6 Å². The van der Waals surface area contributed by atoms with Crippen LogP contribution >= 0.6 is 0 Å². The fourth-order valence-corrected chi connectivity index (χ4v) is 2.30. The average Bonchev–Trinajstić information content (AvgIpc) is 2.65. The normalized spacial score (nSPS) is 12.4. The van der Waals surface area contributed by atoms with Crippen LogP contribution in [-0.4, -0.2) is 47.5 Å². The maximum absolute atomic E-state index is 13.9. The van der Waals surface area contributed by atoms with Gasteiger partial charge in [-0.3, -0.25) is 14.6 Å². The molecule has 0 saturated heterocycles. The molecule has 0 aliphatic carbocycles. The largest absolute Gasteiger partial charge is 0.573 e. The molecule has 1 aromatic heterocycles. The van der Waals surface area contributed by atoms with Gasteiger partial charge in [-0.2, -0.15) is 0 Å². The van der Waals surface area contributed by atoms with Crippen molar-refractivity contribution in [2.24, 2.45) is 0 Å². The topological polar surface area (TPSA) is 108 Å². The number of nitrogens with one attached hydrogen (secondary N) is 2. The fraction of sp³-hybridized carbons (Fsp3) is 0.353. The fourth-order valence-electron chi connectivity index (χ4n) is 2.30. The van der Waals surface area contributed by atoms with Crippen LogP contribution in [0.3, 0.4) is 0 Å². The Hall–Kier alpha value is -3.15. The summed E-state index contributed by atoms with van der Waals surface area (Å²) < 4.78 is 54.1. The first-order chi connectivity index (χ1) is 13.5. The first kappa shape index (κ1) is 22.1. The summed E-state index contributed by atoms with van der Waals surface area (Å²) in [5.41, 5.74) is -0.843. The molecule has 0 bridgehead atoms. The standard InChI is InChI=1S/C17H18F4N4O4/c1-3-25(2)16-23-11(7-14(27)24-16)15(28)22-12(8-26)9-4-5-13(10(18)6-9)29-17(19,20)21/h4-7,12,26H,3,8H2,1-2H3,(H,22,28)(H,23,24,27). The zero-order chi connectivity index (χ0) is 21.8. The van der Waals surface area contributed by atoms with Crippen LogP contribution in [0.4, 0.5) is 23.5 Å². The highest BCUT2D eigenvalue weighted by Gasteiger charge is 2.32. The Morgan fingerprint density at radius 2 is 2.07 bits per heavy atom. The molecule has 29 heavy (non-hydrogen) atoms. The molecule has 1 unspecified atom stereocenters. The van der Waals surface area contributed by atoms with Crippen molar-refractivity contribution >= 4 is 11.9 Å². The molecule has 0 radical (unpaired) electrons. The molecule has 8 nitrogen and oxygen atoms in total. The molecule has 2 aromatic rings. The number of carbonyl (C=O) groups is 1. The second-order valence-electron chi connectivity index (χ2n) is 5.91. The van der Waals surface area contributed by atoms with Gasteiger partial charge in [0.2, 0.25) is 5.95 Å². The molecule has 0 fully saturated rings. The minimum atomic E-state index is -5.07. The van der Waals surface area contributed by atoms with E-state index >= 15 is 0 Å². The highest BCUT2D eigenvalue weighted by atomic mass is 19.4. The number of halogens is 4. The number of benzene rings is 1. The predicted octanol–water partition coefficient (Wildman–Crippen LogP) is 1.73. The first-order valence-corrected chi connectivity index (χ1v) is 8.33. The summed E-state index contributed by atoms with van der Waals surface area (Å²) >= 11 is 0. The minimum Gasteiger partial charge on any atom is -0.403 e. The maximum Gasteiger partial charge on any atom is 0.573 e. The van der Waals surface area contributed by atoms with Gasteiger partial charge in [0.15, 0.2) is 11.6 Å². The number of aliphatic hydroxyl groups excluding tert-OH is 1. The molecule has 1 atom stereocenters. The van der Waals surface area contributed by atoms with Crippen molar-refractivity contribution in [2.75, 3.05) is 25.1 Å². The van der Waals surface area contributed by atoms with Crippen LogP contribution in [0.1, 0.15) is 29.0 Å². The molecule has 3 N–H and O–H groups in total. The van der Waals surface area contributed by atoms with E-state index in [-0.39, 0.29) is 17.2 Å². The molecule has 158 valence electrons. The van der Waals surface area contributed by atoms with E-state index in [1.807, 2.05) is 0 Å². The van der Waals surface area contributed by atoms with Crippen molar-refractivity contribution in [3.63, 3.8) is 0 Å². The lowest BCUT2D eigenvalue weighted by molar-refractivity contribution is -0.275. The average molecular weight is 418 g/mol. The van der Waals surface area contributed by atoms with Crippen LogP contribution in [0.25, 0.3) is 0 Å². The Morgan fingerprint density at radius 1 is 1.38 bits per heavy atom. The Labute approximate surface area is 162 Å². The number of rotatable bonds is 7. The van der Waals surface area contributed by atoms with Gasteiger partial charge in [-0.1, -0.05) is 6.07 Å². The Kier molecular flexibility index (Phi) is 6.80. The van der Waals surface area contributed by atoms with Crippen LogP contribution in [0.2, 0.25) is 0 Å². The number of hydrogen-bond acceptors (Lipinski definition) is 6. The summed E-state index contributed by atoms with van der Waals surface area (Å²) in [7, 11) is 1.64.